The van der Waals surface area contributed by atoms with E-state index in [4.69, 9.17) is 4.74 Å². The van der Waals surface area contributed by atoms with Crippen LogP contribution >= 0.6 is 0 Å². The third kappa shape index (κ3) is 2.98. The molecular weight excluding hydrogens is 280 g/mol. The van der Waals surface area contributed by atoms with E-state index in [2.05, 4.69) is 4.98 Å². The van der Waals surface area contributed by atoms with Gasteiger partial charge in [0.25, 0.3) is 0 Å². The van der Waals surface area contributed by atoms with E-state index in [-0.39, 0.29) is 5.97 Å². The Hall–Kier alpha value is -2.30. The Kier molecular flexibility index (Phi) is 4.13. The Balaban J connectivity index is 1.75. The van der Waals surface area contributed by atoms with E-state index in [0.29, 0.717) is 18.0 Å². The molecule has 1 aromatic heterocycles. The van der Waals surface area contributed by atoms with Crippen LogP contribution in [0.25, 0.3) is 10.9 Å². The summed E-state index contributed by atoms with van der Waals surface area (Å²) in [5, 5.41) is 1.03. The first-order valence-corrected chi connectivity index (χ1v) is 7.59. The van der Waals surface area contributed by atoms with Gasteiger partial charge in [-0.05, 0) is 42.3 Å². The summed E-state index contributed by atoms with van der Waals surface area (Å²) in [4.78, 5) is 27.9. The van der Waals surface area contributed by atoms with Crippen molar-refractivity contribution in [1.82, 2.24) is 9.88 Å². The first kappa shape index (κ1) is 14.6. The second-order valence-corrected chi connectivity index (χ2v) is 5.92. The largest absolute Gasteiger partial charge is 0.465 e. The number of methoxy groups -OCH3 is 1. The number of hydrogen-bond donors (Lipinski definition) is 1. The van der Waals surface area contributed by atoms with Crippen molar-refractivity contribution in [3.8, 4) is 0 Å². The van der Waals surface area contributed by atoms with Crippen LogP contribution in [0.4, 0.5) is 0 Å². The third-order valence-electron chi connectivity index (χ3n) is 4.34. The fraction of sp³-hybridized carbons (Fsp3) is 0.412. The standard InChI is InChI=1S/C17H20N2O3/c1-22-17(21)14-6-5-13-7-15(18-16(13)8-14)10-19(11-20)9-12-3-2-4-12/h5-8,11-12,18H,2-4,9-10H2,1H3. The molecule has 2 aromatic rings. The number of nitrogens with zero attached hydrogens (tertiary/aromatic N) is 1. The van der Waals surface area contributed by atoms with Crippen molar-refractivity contribution in [2.24, 2.45) is 5.92 Å². The summed E-state index contributed by atoms with van der Waals surface area (Å²) >= 11 is 0. The van der Waals surface area contributed by atoms with Gasteiger partial charge in [0.2, 0.25) is 6.41 Å². The third-order valence-corrected chi connectivity index (χ3v) is 4.34. The molecular formula is C17H20N2O3. The Bertz CT molecular complexity index is 688. The smallest absolute Gasteiger partial charge is 0.337 e. The molecule has 0 radical (unpaired) electrons. The molecule has 0 spiro atoms. The minimum atomic E-state index is -0.349. The van der Waals surface area contributed by atoms with E-state index in [1.165, 1.54) is 26.4 Å². The molecule has 0 atom stereocenters. The van der Waals surface area contributed by atoms with Gasteiger partial charge in [-0.25, -0.2) is 4.79 Å². The highest BCUT2D eigenvalue weighted by Crippen LogP contribution is 2.27. The lowest BCUT2D eigenvalue weighted by Gasteiger charge is -2.29. The van der Waals surface area contributed by atoms with Crippen molar-refractivity contribution in [2.45, 2.75) is 25.8 Å². The maximum absolute atomic E-state index is 11.6. The molecule has 0 saturated heterocycles. The van der Waals surface area contributed by atoms with Crippen LogP contribution in [0.5, 0.6) is 0 Å². The fourth-order valence-corrected chi connectivity index (χ4v) is 2.89. The lowest BCUT2D eigenvalue weighted by molar-refractivity contribution is -0.119. The van der Waals surface area contributed by atoms with Gasteiger partial charge < -0.3 is 14.6 Å². The molecule has 1 amide bonds. The summed E-state index contributed by atoms with van der Waals surface area (Å²) in [7, 11) is 1.37. The second kappa shape index (κ2) is 6.22. The maximum atomic E-state index is 11.6. The van der Waals surface area contributed by atoms with E-state index >= 15 is 0 Å². The van der Waals surface area contributed by atoms with Crippen LogP contribution in [0.3, 0.4) is 0 Å². The first-order valence-electron chi connectivity index (χ1n) is 7.59. The molecule has 116 valence electrons. The van der Waals surface area contributed by atoms with Crippen LogP contribution in [0, 0.1) is 5.92 Å². The molecule has 0 unspecified atom stereocenters. The van der Waals surface area contributed by atoms with Crippen LogP contribution in [-0.4, -0.2) is 35.9 Å². The zero-order valence-electron chi connectivity index (χ0n) is 12.7. The minimum absolute atomic E-state index is 0.349. The van der Waals surface area contributed by atoms with Crippen LogP contribution in [0.15, 0.2) is 24.3 Å². The number of amides is 1. The number of fused-ring (bicyclic) bond motifs is 1. The van der Waals surface area contributed by atoms with Crippen molar-refractivity contribution in [2.75, 3.05) is 13.7 Å². The number of carbonyl (C=O) groups is 2. The minimum Gasteiger partial charge on any atom is -0.465 e. The van der Waals surface area contributed by atoms with E-state index in [1.807, 2.05) is 17.0 Å². The molecule has 1 N–H and O–H groups in total. The van der Waals surface area contributed by atoms with Crippen molar-refractivity contribution in [3.63, 3.8) is 0 Å². The van der Waals surface area contributed by atoms with E-state index in [9.17, 15) is 9.59 Å². The normalized spacial score (nSPS) is 14.6. The summed E-state index contributed by atoms with van der Waals surface area (Å²) in [6.45, 7) is 1.40. The van der Waals surface area contributed by atoms with Gasteiger partial charge in [-0.3, -0.25) is 4.79 Å². The van der Waals surface area contributed by atoms with Crippen LogP contribution in [0.2, 0.25) is 0 Å². The lowest BCUT2D eigenvalue weighted by Crippen LogP contribution is -2.31. The molecule has 0 aliphatic heterocycles. The Morgan fingerprint density at radius 1 is 1.41 bits per heavy atom. The monoisotopic (exact) mass is 300 g/mol. The van der Waals surface area contributed by atoms with Gasteiger partial charge in [-0.2, -0.15) is 0 Å². The number of aromatic nitrogens is 1. The number of esters is 1. The molecule has 3 rings (SSSR count). The number of benzene rings is 1. The average Bonchev–Trinajstić information content (AvgIpc) is 2.89. The molecule has 1 aliphatic carbocycles. The summed E-state index contributed by atoms with van der Waals surface area (Å²) in [5.41, 5.74) is 2.38. The van der Waals surface area contributed by atoms with E-state index in [0.717, 1.165) is 29.6 Å². The van der Waals surface area contributed by atoms with Gasteiger partial charge in [0.05, 0.1) is 19.2 Å². The zero-order chi connectivity index (χ0) is 15.5. The fourth-order valence-electron chi connectivity index (χ4n) is 2.89. The van der Waals surface area contributed by atoms with Crippen molar-refractivity contribution in [3.05, 3.63) is 35.5 Å². The first-order chi connectivity index (χ1) is 10.7. The van der Waals surface area contributed by atoms with Gasteiger partial charge in [-0.1, -0.05) is 12.5 Å². The molecule has 22 heavy (non-hydrogen) atoms. The number of aromatic amines is 1. The van der Waals surface area contributed by atoms with Crippen molar-refractivity contribution >= 4 is 23.3 Å². The highest BCUT2D eigenvalue weighted by molar-refractivity contribution is 5.94. The van der Waals surface area contributed by atoms with E-state index < -0.39 is 0 Å². The molecule has 0 bridgehead atoms. The number of H-pyrrole nitrogens is 1. The Morgan fingerprint density at radius 3 is 2.86 bits per heavy atom. The quantitative estimate of drug-likeness (QED) is 0.659. The zero-order valence-corrected chi connectivity index (χ0v) is 12.7. The predicted octanol–water partition coefficient (Wildman–Crippen LogP) is 2.71. The Labute approximate surface area is 129 Å². The summed E-state index contributed by atoms with van der Waals surface area (Å²) in [6.07, 6.45) is 4.64. The van der Waals surface area contributed by atoms with Gasteiger partial charge >= 0.3 is 5.97 Å². The molecule has 1 heterocycles. The summed E-state index contributed by atoms with van der Waals surface area (Å²) in [6, 6.07) is 7.44. The lowest BCUT2D eigenvalue weighted by atomic mass is 9.85. The second-order valence-electron chi connectivity index (χ2n) is 5.92. The van der Waals surface area contributed by atoms with Crippen LogP contribution in [-0.2, 0) is 16.1 Å². The van der Waals surface area contributed by atoms with Gasteiger partial charge in [0.15, 0.2) is 0 Å². The molecule has 5 nitrogen and oxygen atoms in total. The highest BCUT2D eigenvalue weighted by Gasteiger charge is 2.20. The van der Waals surface area contributed by atoms with Crippen LogP contribution < -0.4 is 0 Å². The number of rotatable bonds is 6. The molecule has 1 aliphatic rings. The van der Waals surface area contributed by atoms with Gasteiger partial charge in [0.1, 0.15) is 0 Å². The maximum Gasteiger partial charge on any atom is 0.337 e. The highest BCUT2D eigenvalue weighted by atomic mass is 16.5. The van der Waals surface area contributed by atoms with Crippen molar-refractivity contribution < 1.29 is 14.3 Å². The average molecular weight is 300 g/mol. The van der Waals surface area contributed by atoms with Gasteiger partial charge in [-0.15, -0.1) is 0 Å². The van der Waals surface area contributed by atoms with Crippen LogP contribution in [0.1, 0.15) is 35.3 Å². The molecule has 1 aromatic carbocycles. The summed E-state index contributed by atoms with van der Waals surface area (Å²) < 4.78 is 4.73. The van der Waals surface area contributed by atoms with Gasteiger partial charge in [0, 0.05) is 17.8 Å². The molecule has 5 heteroatoms. The number of carbonyl (C=O) groups excluding carboxylic acids is 2. The number of ether oxygens (including phenoxy) is 1. The topological polar surface area (TPSA) is 62.4 Å². The van der Waals surface area contributed by atoms with Crippen molar-refractivity contribution in [1.29, 1.82) is 0 Å². The molecule has 1 saturated carbocycles. The molecule has 1 fully saturated rings. The van der Waals surface area contributed by atoms with E-state index in [1.54, 1.807) is 12.1 Å². The number of hydrogen-bond acceptors (Lipinski definition) is 3. The SMILES string of the molecule is COC(=O)c1ccc2cc(CN(C=O)CC3CCC3)[nH]c2c1. The summed E-state index contributed by atoms with van der Waals surface area (Å²) in [5.74, 6) is 0.304. The Morgan fingerprint density at radius 2 is 2.23 bits per heavy atom. The number of nitrogens with one attached hydrogen (secondary N) is 1. The predicted molar refractivity (Wildman–Crippen MR) is 83.5 cm³/mol.